The maximum Gasteiger partial charge on any atom is 0.237 e. The lowest BCUT2D eigenvalue weighted by molar-refractivity contribution is -0.123. The zero-order valence-electron chi connectivity index (χ0n) is 14.1. The van der Waals surface area contributed by atoms with Crippen LogP contribution in [0.2, 0.25) is 0 Å². The van der Waals surface area contributed by atoms with Gasteiger partial charge in [0.25, 0.3) is 0 Å². The Morgan fingerprint density at radius 1 is 1.38 bits per heavy atom. The van der Waals surface area contributed by atoms with Crippen molar-refractivity contribution in [3.63, 3.8) is 0 Å². The molecule has 24 heavy (non-hydrogen) atoms. The van der Waals surface area contributed by atoms with Gasteiger partial charge in [-0.15, -0.1) is 0 Å². The van der Waals surface area contributed by atoms with Gasteiger partial charge in [-0.2, -0.15) is 0 Å². The molecule has 1 saturated heterocycles. The minimum Gasteiger partial charge on any atom is -0.474 e. The molecule has 6 heteroatoms. The molecule has 1 aromatic rings. The molecule has 0 radical (unpaired) electrons. The maximum absolute atomic E-state index is 12.2. The summed E-state index contributed by atoms with van der Waals surface area (Å²) in [6, 6.07) is 3.48. The fourth-order valence-corrected chi connectivity index (χ4v) is 3.36. The molecule has 130 valence electrons. The van der Waals surface area contributed by atoms with Crippen LogP contribution >= 0.6 is 0 Å². The Labute approximate surface area is 142 Å². The molecular weight excluding hydrogens is 306 g/mol. The first-order chi connectivity index (χ1) is 11.6. The molecule has 1 amide bonds. The highest BCUT2D eigenvalue weighted by molar-refractivity contribution is 5.85. The number of hydrogen-bond acceptors (Lipinski definition) is 5. The molecule has 2 atom stereocenters. The van der Waals surface area contributed by atoms with Gasteiger partial charge < -0.3 is 15.4 Å². The molecule has 0 bridgehead atoms. The number of ether oxygens (including phenoxy) is 1. The quantitative estimate of drug-likeness (QED) is 0.827. The predicted molar refractivity (Wildman–Crippen MR) is 89.5 cm³/mol. The van der Waals surface area contributed by atoms with Crippen LogP contribution in [-0.2, 0) is 16.1 Å². The van der Waals surface area contributed by atoms with Gasteiger partial charge in [-0.1, -0.05) is 0 Å². The van der Waals surface area contributed by atoms with E-state index in [1.807, 2.05) is 12.1 Å². The average molecular weight is 331 g/mol. The van der Waals surface area contributed by atoms with Crippen molar-refractivity contribution in [2.75, 3.05) is 6.54 Å². The highest BCUT2D eigenvalue weighted by atomic mass is 16.5. The van der Waals surface area contributed by atoms with Crippen LogP contribution in [0, 0.1) is 5.92 Å². The first-order valence-electron chi connectivity index (χ1n) is 8.75. The van der Waals surface area contributed by atoms with E-state index >= 15 is 0 Å². The summed E-state index contributed by atoms with van der Waals surface area (Å²) in [7, 11) is 0. The standard InChI is InChI=1S/C18H25N3O3/c1-12(22)14-9-16(20-11-14)18(23)21-10-13-6-7-19-17(8-13)24-15-4-2-3-5-15/h6-8,14-16,20H,2-5,9-11H2,1H3,(H,21,23). The zero-order valence-corrected chi connectivity index (χ0v) is 14.1. The van der Waals surface area contributed by atoms with Gasteiger partial charge in [0, 0.05) is 31.3 Å². The summed E-state index contributed by atoms with van der Waals surface area (Å²) >= 11 is 0. The van der Waals surface area contributed by atoms with Gasteiger partial charge >= 0.3 is 0 Å². The molecule has 1 aliphatic carbocycles. The lowest BCUT2D eigenvalue weighted by Crippen LogP contribution is -2.40. The van der Waals surface area contributed by atoms with E-state index in [9.17, 15) is 9.59 Å². The van der Waals surface area contributed by atoms with Crippen LogP contribution in [0.1, 0.15) is 44.6 Å². The average Bonchev–Trinajstić information content (AvgIpc) is 3.24. The normalized spacial score (nSPS) is 24.0. The van der Waals surface area contributed by atoms with Crippen LogP contribution in [-0.4, -0.2) is 35.4 Å². The van der Waals surface area contributed by atoms with E-state index < -0.39 is 0 Å². The summed E-state index contributed by atoms with van der Waals surface area (Å²) in [6.07, 6.45) is 7.18. The highest BCUT2D eigenvalue weighted by Crippen LogP contribution is 2.23. The lowest BCUT2D eigenvalue weighted by Gasteiger charge is -2.14. The number of ketones is 1. The lowest BCUT2D eigenvalue weighted by atomic mass is 10.0. The topological polar surface area (TPSA) is 80.3 Å². The van der Waals surface area contributed by atoms with Crippen LogP contribution in [0.4, 0.5) is 0 Å². The van der Waals surface area contributed by atoms with Crippen LogP contribution < -0.4 is 15.4 Å². The van der Waals surface area contributed by atoms with Gasteiger partial charge in [0.05, 0.1) is 6.04 Å². The predicted octanol–water partition coefficient (Wildman–Crippen LogP) is 1.59. The van der Waals surface area contributed by atoms with Gasteiger partial charge in [0.1, 0.15) is 11.9 Å². The van der Waals surface area contributed by atoms with Crippen molar-refractivity contribution in [1.29, 1.82) is 0 Å². The monoisotopic (exact) mass is 331 g/mol. The van der Waals surface area contributed by atoms with Crippen molar-refractivity contribution in [2.45, 2.75) is 57.7 Å². The third-order valence-corrected chi connectivity index (χ3v) is 4.88. The smallest absolute Gasteiger partial charge is 0.237 e. The fourth-order valence-electron chi connectivity index (χ4n) is 3.36. The molecule has 2 aliphatic rings. The Morgan fingerprint density at radius 2 is 2.17 bits per heavy atom. The van der Waals surface area contributed by atoms with Gasteiger partial charge in [-0.25, -0.2) is 4.98 Å². The van der Waals surface area contributed by atoms with E-state index in [2.05, 4.69) is 15.6 Å². The van der Waals surface area contributed by atoms with Crippen molar-refractivity contribution in [2.24, 2.45) is 5.92 Å². The van der Waals surface area contributed by atoms with Gasteiger partial charge in [0.15, 0.2) is 0 Å². The zero-order chi connectivity index (χ0) is 16.9. The Balaban J connectivity index is 1.49. The summed E-state index contributed by atoms with van der Waals surface area (Å²) in [5.41, 5.74) is 0.965. The molecular formula is C18H25N3O3. The number of rotatable bonds is 6. The van der Waals surface area contributed by atoms with Crippen molar-refractivity contribution in [3.05, 3.63) is 23.9 Å². The Kier molecular flexibility index (Phi) is 5.45. The second kappa shape index (κ2) is 7.75. The van der Waals surface area contributed by atoms with E-state index in [4.69, 9.17) is 4.74 Å². The molecule has 1 aliphatic heterocycles. The number of carbonyl (C=O) groups is 2. The number of amides is 1. The third kappa shape index (κ3) is 4.32. The number of carbonyl (C=O) groups excluding carboxylic acids is 2. The Hall–Kier alpha value is -1.95. The van der Waals surface area contributed by atoms with E-state index in [-0.39, 0.29) is 29.8 Å². The molecule has 6 nitrogen and oxygen atoms in total. The number of hydrogen-bond donors (Lipinski definition) is 2. The molecule has 1 saturated carbocycles. The van der Waals surface area contributed by atoms with Crippen LogP contribution in [0.25, 0.3) is 0 Å². The minimum absolute atomic E-state index is 0.0481. The molecule has 1 aromatic heterocycles. The molecule has 0 spiro atoms. The van der Waals surface area contributed by atoms with Crippen LogP contribution in [0.15, 0.2) is 18.3 Å². The summed E-state index contributed by atoms with van der Waals surface area (Å²) < 4.78 is 5.89. The van der Waals surface area contributed by atoms with Crippen molar-refractivity contribution >= 4 is 11.7 Å². The largest absolute Gasteiger partial charge is 0.474 e. The maximum atomic E-state index is 12.2. The van der Waals surface area contributed by atoms with E-state index in [1.54, 1.807) is 13.1 Å². The Morgan fingerprint density at radius 3 is 2.88 bits per heavy atom. The van der Waals surface area contributed by atoms with Crippen molar-refractivity contribution in [3.8, 4) is 5.88 Å². The molecule has 3 rings (SSSR count). The van der Waals surface area contributed by atoms with E-state index in [0.29, 0.717) is 25.4 Å². The number of nitrogens with zero attached hydrogens (tertiary/aromatic N) is 1. The SMILES string of the molecule is CC(=O)C1CNC(C(=O)NCc2ccnc(OC3CCCC3)c2)C1. The van der Waals surface area contributed by atoms with Crippen LogP contribution in [0.5, 0.6) is 5.88 Å². The van der Waals surface area contributed by atoms with E-state index in [0.717, 1.165) is 18.4 Å². The summed E-state index contributed by atoms with van der Waals surface area (Å²) in [6.45, 7) is 2.60. The molecule has 2 fully saturated rings. The van der Waals surface area contributed by atoms with Crippen molar-refractivity contribution < 1.29 is 14.3 Å². The van der Waals surface area contributed by atoms with Gasteiger partial charge in [-0.05, 0) is 50.7 Å². The molecule has 2 unspecified atom stereocenters. The summed E-state index contributed by atoms with van der Waals surface area (Å²) in [5, 5.41) is 6.04. The second-order valence-electron chi connectivity index (χ2n) is 6.75. The molecule has 0 aromatic carbocycles. The number of pyridine rings is 1. The van der Waals surface area contributed by atoms with Crippen LogP contribution in [0.3, 0.4) is 0 Å². The summed E-state index contributed by atoms with van der Waals surface area (Å²) in [5.74, 6) is 0.659. The molecule has 2 heterocycles. The number of Topliss-reactive ketones (excluding diaryl/α,β-unsaturated/α-hetero) is 1. The highest BCUT2D eigenvalue weighted by Gasteiger charge is 2.31. The number of nitrogens with one attached hydrogen (secondary N) is 2. The minimum atomic E-state index is -0.282. The first kappa shape index (κ1) is 16.9. The van der Waals surface area contributed by atoms with Gasteiger partial charge in [-0.3, -0.25) is 9.59 Å². The Bertz CT molecular complexity index is 599. The number of aromatic nitrogens is 1. The van der Waals surface area contributed by atoms with Crippen molar-refractivity contribution in [1.82, 2.24) is 15.6 Å². The first-order valence-corrected chi connectivity index (χ1v) is 8.75. The van der Waals surface area contributed by atoms with Gasteiger partial charge in [0.2, 0.25) is 11.8 Å². The van der Waals surface area contributed by atoms with E-state index in [1.165, 1.54) is 12.8 Å². The fraction of sp³-hybridized carbons (Fsp3) is 0.611. The molecule has 2 N–H and O–H groups in total. The second-order valence-corrected chi connectivity index (χ2v) is 6.75. The summed E-state index contributed by atoms with van der Waals surface area (Å²) in [4.78, 5) is 27.9. The third-order valence-electron chi connectivity index (χ3n) is 4.88.